The molecule has 0 aromatic heterocycles. The summed E-state index contributed by atoms with van der Waals surface area (Å²) >= 11 is 0. The number of methoxy groups -OCH3 is 1. The van der Waals surface area contributed by atoms with E-state index in [0.717, 1.165) is 11.1 Å². The SMILES string of the molecule is COc1ccc2c3c1OC1C(=O)C=C[C@@]4(O)[C@@H](C2)C(=N)CC[C@]314. The van der Waals surface area contributed by atoms with Crippen molar-refractivity contribution in [2.24, 2.45) is 5.92 Å². The second kappa shape index (κ2) is 3.85. The van der Waals surface area contributed by atoms with Gasteiger partial charge in [-0.3, -0.25) is 4.79 Å². The summed E-state index contributed by atoms with van der Waals surface area (Å²) in [7, 11) is 1.58. The molecule has 1 saturated carbocycles. The molecule has 118 valence electrons. The molecule has 0 radical (unpaired) electrons. The van der Waals surface area contributed by atoms with Gasteiger partial charge < -0.3 is 20.0 Å². The van der Waals surface area contributed by atoms with Crippen LogP contribution in [-0.2, 0) is 16.6 Å². The molecule has 1 spiro atoms. The number of aliphatic hydroxyl groups is 1. The molecule has 1 aromatic carbocycles. The van der Waals surface area contributed by atoms with Crippen LogP contribution in [0.1, 0.15) is 24.0 Å². The zero-order valence-electron chi connectivity index (χ0n) is 12.8. The normalized spacial score (nSPS) is 39.0. The first-order chi connectivity index (χ1) is 11.0. The van der Waals surface area contributed by atoms with Gasteiger partial charge in [-0.05, 0) is 43.0 Å². The maximum Gasteiger partial charge on any atom is 0.196 e. The quantitative estimate of drug-likeness (QED) is 0.825. The number of hydrogen-bond donors (Lipinski definition) is 2. The van der Waals surface area contributed by atoms with Crippen molar-refractivity contribution in [1.82, 2.24) is 0 Å². The average molecular weight is 311 g/mol. The Balaban J connectivity index is 1.90. The number of carbonyl (C=O) groups is 1. The number of nitrogens with one attached hydrogen (secondary N) is 1. The fourth-order valence-electron chi connectivity index (χ4n) is 5.20. The zero-order chi connectivity index (χ0) is 16.0. The van der Waals surface area contributed by atoms with E-state index in [-0.39, 0.29) is 11.7 Å². The molecular weight excluding hydrogens is 294 g/mol. The molecule has 1 fully saturated rings. The van der Waals surface area contributed by atoms with Crippen LogP contribution in [0.4, 0.5) is 0 Å². The van der Waals surface area contributed by atoms with E-state index in [9.17, 15) is 9.90 Å². The summed E-state index contributed by atoms with van der Waals surface area (Å²) in [6.45, 7) is 0. The van der Waals surface area contributed by atoms with Gasteiger partial charge in [0.1, 0.15) is 5.60 Å². The van der Waals surface area contributed by atoms with Crippen LogP contribution < -0.4 is 9.47 Å². The van der Waals surface area contributed by atoms with Gasteiger partial charge >= 0.3 is 0 Å². The molecule has 1 heterocycles. The first-order valence-electron chi connectivity index (χ1n) is 7.92. The molecule has 0 saturated heterocycles. The lowest BCUT2D eigenvalue weighted by molar-refractivity contribution is -0.137. The number of hydrogen-bond acceptors (Lipinski definition) is 5. The molecular formula is C18H17NO4. The van der Waals surface area contributed by atoms with Crippen molar-refractivity contribution in [2.75, 3.05) is 7.11 Å². The van der Waals surface area contributed by atoms with Gasteiger partial charge in [0.05, 0.1) is 12.5 Å². The summed E-state index contributed by atoms with van der Waals surface area (Å²) in [6.07, 6.45) is 4.05. The highest BCUT2D eigenvalue weighted by atomic mass is 16.5. The minimum atomic E-state index is -1.23. The van der Waals surface area contributed by atoms with Gasteiger partial charge in [-0.15, -0.1) is 0 Å². The molecule has 4 atom stereocenters. The van der Waals surface area contributed by atoms with E-state index in [0.29, 0.717) is 36.5 Å². The van der Waals surface area contributed by atoms with Crippen LogP contribution in [-0.4, -0.2) is 35.4 Å². The number of carbonyl (C=O) groups excluding carboxylic acids is 1. The molecule has 5 rings (SSSR count). The van der Waals surface area contributed by atoms with Crippen LogP contribution in [0, 0.1) is 11.3 Å². The molecule has 23 heavy (non-hydrogen) atoms. The maximum atomic E-state index is 12.5. The Morgan fingerprint density at radius 3 is 3.04 bits per heavy atom. The minimum Gasteiger partial charge on any atom is -0.493 e. The maximum absolute atomic E-state index is 12.5. The van der Waals surface area contributed by atoms with Crippen LogP contribution in [0.3, 0.4) is 0 Å². The largest absolute Gasteiger partial charge is 0.493 e. The molecule has 4 aliphatic rings. The second-order valence-corrected chi connectivity index (χ2v) is 6.94. The van der Waals surface area contributed by atoms with Crippen molar-refractivity contribution >= 4 is 11.5 Å². The topological polar surface area (TPSA) is 79.6 Å². The lowest BCUT2D eigenvalue weighted by Gasteiger charge is -2.57. The van der Waals surface area contributed by atoms with Gasteiger partial charge in [0.2, 0.25) is 0 Å². The Morgan fingerprint density at radius 1 is 1.43 bits per heavy atom. The average Bonchev–Trinajstić information content (AvgIpc) is 2.90. The van der Waals surface area contributed by atoms with E-state index in [1.165, 1.54) is 6.08 Å². The van der Waals surface area contributed by atoms with Crippen LogP contribution in [0.2, 0.25) is 0 Å². The van der Waals surface area contributed by atoms with Gasteiger partial charge in [-0.2, -0.15) is 0 Å². The third kappa shape index (κ3) is 1.23. The van der Waals surface area contributed by atoms with Crippen LogP contribution in [0.25, 0.3) is 0 Å². The third-order valence-electron chi connectivity index (χ3n) is 6.20. The molecule has 3 aliphatic carbocycles. The fourth-order valence-corrected chi connectivity index (χ4v) is 5.20. The lowest BCUT2D eigenvalue weighted by atomic mass is 9.47. The molecule has 1 aromatic rings. The lowest BCUT2D eigenvalue weighted by Crippen LogP contribution is -2.69. The Morgan fingerprint density at radius 2 is 2.26 bits per heavy atom. The van der Waals surface area contributed by atoms with Gasteiger partial charge in [0.15, 0.2) is 23.4 Å². The Kier molecular flexibility index (Phi) is 2.23. The monoisotopic (exact) mass is 311 g/mol. The summed E-state index contributed by atoms with van der Waals surface area (Å²) < 4.78 is 11.5. The summed E-state index contributed by atoms with van der Waals surface area (Å²) in [5.41, 5.74) is 0.527. The molecule has 1 aliphatic heterocycles. The van der Waals surface area contributed by atoms with Gasteiger partial charge in [0, 0.05) is 17.2 Å². The summed E-state index contributed by atoms with van der Waals surface area (Å²) in [5.74, 6) is 0.783. The van der Waals surface area contributed by atoms with Crippen molar-refractivity contribution < 1.29 is 19.4 Å². The van der Waals surface area contributed by atoms with E-state index in [4.69, 9.17) is 14.9 Å². The highest BCUT2D eigenvalue weighted by molar-refractivity contribution is 6.01. The highest BCUT2D eigenvalue weighted by Crippen LogP contribution is 2.65. The van der Waals surface area contributed by atoms with Crippen LogP contribution in [0.15, 0.2) is 24.3 Å². The van der Waals surface area contributed by atoms with Gasteiger partial charge in [0.25, 0.3) is 0 Å². The predicted octanol–water partition coefficient (Wildman–Crippen LogP) is 1.55. The van der Waals surface area contributed by atoms with Crippen molar-refractivity contribution in [3.05, 3.63) is 35.4 Å². The third-order valence-corrected chi connectivity index (χ3v) is 6.20. The van der Waals surface area contributed by atoms with E-state index >= 15 is 0 Å². The smallest absolute Gasteiger partial charge is 0.196 e. The summed E-state index contributed by atoms with van der Waals surface area (Å²) in [6, 6.07) is 3.84. The van der Waals surface area contributed by atoms with Crippen molar-refractivity contribution in [3.8, 4) is 11.5 Å². The number of ketones is 1. The van der Waals surface area contributed by atoms with Gasteiger partial charge in [-0.25, -0.2) is 0 Å². The first-order valence-corrected chi connectivity index (χ1v) is 7.92. The fraction of sp³-hybridized carbons (Fsp3) is 0.444. The summed E-state index contributed by atoms with van der Waals surface area (Å²) in [5, 5.41) is 19.9. The number of rotatable bonds is 1. The molecule has 0 amide bonds. The standard InChI is InChI=1S/C18H17NO4/c1-22-13-3-2-9-8-10-11(19)4-6-17-14(9)15(13)23-16(17)12(20)5-7-18(10,17)21/h2-3,5,7,10,16,19,21H,4,6,8H2,1H3/t10-,16?,17-,18+/m0/s1. The number of ether oxygens (including phenoxy) is 2. The highest BCUT2D eigenvalue weighted by Gasteiger charge is 2.71. The van der Waals surface area contributed by atoms with Crippen LogP contribution >= 0.6 is 0 Å². The van der Waals surface area contributed by atoms with Gasteiger partial charge in [-0.1, -0.05) is 6.07 Å². The number of benzene rings is 1. The minimum absolute atomic E-state index is 0.118. The molecule has 5 heteroatoms. The second-order valence-electron chi connectivity index (χ2n) is 6.94. The zero-order valence-corrected chi connectivity index (χ0v) is 12.8. The Bertz CT molecular complexity index is 813. The predicted molar refractivity (Wildman–Crippen MR) is 82.3 cm³/mol. The van der Waals surface area contributed by atoms with E-state index in [2.05, 4.69) is 0 Å². The Hall–Kier alpha value is -2.14. The van der Waals surface area contributed by atoms with E-state index in [1.807, 2.05) is 12.1 Å². The van der Waals surface area contributed by atoms with Crippen LogP contribution in [0.5, 0.6) is 11.5 Å². The Labute approximate surface area is 133 Å². The van der Waals surface area contributed by atoms with Crippen molar-refractivity contribution in [1.29, 1.82) is 5.41 Å². The molecule has 2 bridgehead atoms. The first kappa shape index (κ1) is 13.3. The summed E-state index contributed by atoms with van der Waals surface area (Å²) in [4.78, 5) is 12.5. The molecule has 1 unspecified atom stereocenters. The van der Waals surface area contributed by atoms with E-state index < -0.39 is 17.1 Å². The van der Waals surface area contributed by atoms with Crippen molar-refractivity contribution in [3.63, 3.8) is 0 Å². The van der Waals surface area contributed by atoms with E-state index in [1.54, 1.807) is 13.2 Å². The molecule has 2 N–H and O–H groups in total. The molecule has 5 nitrogen and oxygen atoms in total. The van der Waals surface area contributed by atoms with Crippen molar-refractivity contribution in [2.45, 2.75) is 36.4 Å².